The first-order valence-corrected chi connectivity index (χ1v) is 7.98. The molecule has 96 valence electrons. The average Bonchev–Trinajstić information content (AvgIpc) is 2.69. The maximum Gasteiger partial charge on any atom is 0.252 e. The molecule has 0 aromatic carbocycles. The number of thiophene rings is 1. The van der Waals surface area contributed by atoms with Gasteiger partial charge in [-0.25, -0.2) is 8.42 Å². The zero-order chi connectivity index (χ0) is 12.6. The molecule has 17 heavy (non-hydrogen) atoms. The molecule has 1 fully saturated rings. The van der Waals surface area contributed by atoms with Crippen molar-refractivity contribution in [1.29, 1.82) is 0 Å². The number of aliphatic hydroxyl groups is 1. The molecule has 1 N–H and O–H groups in total. The number of halogens is 1. The minimum Gasteiger partial charge on any atom is -0.391 e. The highest BCUT2D eigenvalue weighted by Crippen LogP contribution is 2.30. The van der Waals surface area contributed by atoms with Gasteiger partial charge in [0.25, 0.3) is 10.0 Å². The molecule has 1 aromatic rings. The van der Waals surface area contributed by atoms with Crippen LogP contribution in [-0.2, 0) is 10.0 Å². The van der Waals surface area contributed by atoms with Crippen LogP contribution in [-0.4, -0.2) is 37.0 Å². The standard InChI is InChI=1S/C10H14ClNO3S2/c1-7-4-5-12(6-8(7)13)17(14,15)10-3-2-9(11)16-10/h2-3,7-8,13H,4-6H2,1H3. The number of piperidine rings is 1. The number of aliphatic hydroxyl groups excluding tert-OH is 1. The Kier molecular flexibility index (Phi) is 3.80. The van der Waals surface area contributed by atoms with Crippen molar-refractivity contribution in [2.24, 2.45) is 5.92 Å². The SMILES string of the molecule is CC1CCN(S(=O)(=O)c2ccc(Cl)s2)CC1O. The van der Waals surface area contributed by atoms with Gasteiger partial charge >= 0.3 is 0 Å². The molecule has 2 unspecified atom stereocenters. The first kappa shape index (κ1) is 13.3. The van der Waals surface area contributed by atoms with Crippen molar-refractivity contribution in [3.63, 3.8) is 0 Å². The summed E-state index contributed by atoms with van der Waals surface area (Å²) in [6.45, 7) is 2.55. The quantitative estimate of drug-likeness (QED) is 0.905. The minimum atomic E-state index is -3.49. The molecule has 0 spiro atoms. The van der Waals surface area contributed by atoms with Crippen molar-refractivity contribution in [1.82, 2.24) is 4.31 Å². The molecule has 0 bridgehead atoms. The molecule has 1 aliphatic heterocycles. The Bertz CT molecular complexity index is 499. The summed E-state index contributed by atoms with van der Waals surface area (Å²) in [6, 6.07) is 3.08. The van der Waals surface area contributed by atoms with Gasteiger partial charge in [-0.2, -0.15) is 4.31 Å². The number of nitrogens with zero attached hydrogens (tertiary/aromatic N) is 1. The van der Waals surface area contributed by atoms with Crippen LogP contribution in [0.2, 0.25) is 4.34 Å². The fraction of sp³-hybridized carbons (Fsp3) is 0.600. The largest absolute Gasteiger partial charge is 0.391 e. The van der Waals surface area contributed by atoms with Crippen molar-refractivity contribution >= 4 is 33.0 Å². The van der Waals surface area contributed by atoms with Crippen LogP contribution in [0.5, 0.6) is 0 Å². The second kappa shape index (κ2) is 4.85. The number of sulfonamides is 1. The van der Waals surface area contributed by atoms with Gasteiger partial charge in [-0.3, -0.25) is 0 Å². The van der Waals surface area contributed by atoms with Gasteiger partial charge in [-0.1, -0.05) is 18.5 Å². The normalized spacial score (nSPS) is 27.2. The first-order valence-electron chi connectivity index (χ1n) is 5.35. The van der Waals surface area contributed by atoms with Crippen molar-refractivity contribution in [2.45, 2.75) is 23.7 Å². The Hall–Kier alpha value is -0.140. The maximum absolute atomic E-state index is 12.2. The van der Waals surface area contributed by atoms with Crippen LogP contribution in [0.4, 0.5) is 0 Å². The average molecular weight is 296 g/mol. The lowest BCUT2D eigenvalue weighted by Crippen LogP contribution is -2.45. The Labute approximate surface area is 110 Å². The predicted octanol–water partition coefficient (Wildman–Crippen LogP) is 1.79. The highest BCUT2D eigenvalue weighted by Gasteiger charge is 2.33. The highest BCUT2D eigenvalue weighted by atomic mass is 35.5. The van der Waals surface area contributed by atoms with Crippen molar-refractivity contribution < 1.29 is 13.5 Å². The number of β-amino-alcohol motifs (C(OH)–C–C–N with tert-alkyl or cyclic N) is 1. The summed E-state index contributed by atoms with van der Waals surface area (Å²) in [5, 5.41) is 9.73. The van der Waals surface area contributed by atoms with Crippen LogP contribution < -0.4 is 0 Å². The third-order valence-corrected chi connectivity index (χ3v) is 6.59. The molecule has 1 aliphatic rings. The van der Waals surface area contributed by atoms with E-state index in [-0.39, 0.29) is 16.7 Å². The van der Waals surface area contributed by atoms with E-state index in [0.717, 1.165) is 11.3 Å². The van der Waals surface area contributed by atoms with E-state index in [4.69, 9.17) is 11.6 Å². The van der Waals surface area contributed by atoms with E-state index in [1.807, 2.05) is 6.92 Å². The first-order chi connectivity index (χ1) is 7.91. The van der Waals surface area contributed by atoms with Crippen LogP contribution in [0, 0.1) is 5.92 Å². The Morgan fingerprint density at radius 3 is 2.76 bits per heavy atom. The number of rotatable bonds is 2. The Morgan fingerprint density at radius 2 is 2.24 bits per heavy atom. The van der Waals surface area contributed by atoms with E-state index < -0.39 is 16.1 Å². The molecule has 7 heteroatoms. The Balaban J connectivity index is 2.22. The van der Waals surface area contributed by atoms with Crippen LogP contribution >= 0.6 is 22.9 Å². The van der Waals surface area contributed by atoms with Gasteiger partial charge in [-0.15, -0.1) is 11.3 Å². The summed E-state index contributed by atoms with van der Waals surface area (Å²) in [5.41, 5.74) is 0. The number of hydrogen-bond donors (Lipinski definition) is 1. The summed E-state index contributed by atoms with van der Waals surface area (Å²) in [5.74, 6) is 0.147. The van der Waals surface area contributed by atoms with Gasteiger partial charge in [0, 0.05) is 13.1 Å². The monoisotopic (exact) mass is 295 g/mol. The van der Waals surface area contributed by atoms with Gasteiger partial charge in [0.05, 0.1) is 10.4 Å². The number of hydrogen-bond acceptors (Lipinski definition) is 4. The van der Waals surface area contributed by atoms with E-state index >= 15 is 0 Å². The molecule has 2 rings (SSSR count). The summed E-state index contributed by atoms with van der Waals surface area (Å²) in [6.07, 6.45) is 0.0911. The Morgan fingerprint density at radius 1 is 1.53 bits per heavy atom. The molecule has 0 aliphatic carbocycles. The van der Waals surface area contributed by atoms with Gasteiger partial charge in [0.15, 0.2) is 0 Å². The summed E-state index contributed by atoms with van der Waals surface area (Å²) < 4.78 is 26.5. The lowest BCUT2D eigenvalue weighted by Gasteiger charge is -2.32. The molecule has 2 heterocycles. The minimum absolute atomic E-state index is 0.147. The van der Waals surface area contributed by atoms with Crippen LogP contribution in [0.3, 0.4) is 0 Å². The molecule has 0 amide bonds. The van der Waals surface area contributed by atoms with Gasteiger partial charge in [0.1, 0.15) is 4.21 Å². The third kappa shape index (κ3) is 2.66. The molecular formula is C10H14ClNO3S2. The molecule has 2 atom stereocenters. The molecule has 4 nitrogen and oxygen atoms in total. The van der Waals surface area contributed by atoms with Gasteiger partial charge < -0.3 is 5.11 Å². The van der Waals surface area contributed by atoms with Crippen LogP contribution in [0.1, 0.15) is 13.3 Å². The van der Waals surface area contributed by atoms with Crippen molar-refractivity contribution in [2.75, 3.05) is 13.1 Å². The van der Waals surface area contributed by atoms with E-state index in [1.54, 1.807) is 6.07 Å². The van der Waals surface area contributed by atoms with E-state index in [1.165, 1.54) is 10.4 Å². The molecule has 1 saturated heterocycles. The van der Waals surface area contributed by atoms with Gasteiger partial charge in [0.2, 0.25) is 0 Å². The topological polar surface area (TPSA) is 57.6 Å². The van der Waals surface area contributed by atoms with Gasteiger partial charge in [-0.05, 0) is 24.5 Å². The molecule has 0 radical (unpaired) electrons. The second-order valence-corrected chi connectivity index (χ2v) is 8.13. The second-order valence-electron chi connectivity index (χ2n) is 4.25. The van der Waals surface area contributed by atoms with Crippen molar-refractivity contribution in [3.05, 3.63) is 16.5 Å². The van der Waals surface area contributed by atoms with E-state index in [0.29, 0.717) is 17.3 Å². The van der Waals surface area contributed by atoms with E-state index in [9.17, 15) is 13.5 Å². The zero-order valence-corrected chi connectivity index (χ0v) is 11.7. The van der Waals surface area contributed by atoms with E-state index in [2.05, 4.69) is 0 Å². The summed E-state index contributed by atoms with van der Waals surface area (Å²) in [7, 11) is -3.49. The van der Waals surface area contributed by atoms with Crippen LogP contribution in [0.25, 0.3) is 0 Å². The summed E-state index contributed by atoms with van der Waals surface area (Å²) in [4.78, 5) is 0. The molecule has 0 saturated carbocycles. The zero-order valence-electron chi connectivity index (χ0n) is 9.34. The lowest BCUT2D eigenvalue weighted by atomic mass is 9.98. The molecular weight excluding hydrogens is 282 g/mol. The van der Waals surface area contributed by atoms with Crippen molar-refractivity contribution in [3.8, 4) is 0 Å². The third-order valence-electron chi connectivity index (χ3n) is 3.02. The van der Waals surface area contributed by atoms with Crippen LogP contribution in [0.15, 0.2) is 16.3 Å². The lowest BCUT2D eigenvalue weighted by molar-refractivity contribution is 0.0606. The maximum atomic E-state index is 12.2. The smallest absolute Gasteiger partial charge is 0.252 e. The fourth-order valence-corrected chi connectivity index (χ4v) is 4.91. The predicted molar refractivity (Wildman–Crippen MR) is 67.9 cm³/mol. The fourth-order valence-electron chi connectivity index (χ4n) is 1.80. The highest BCUT2D eigenvalue weighted by molar-refractivity contribution is 7.91. The summed E-state index contributed by atoms with van der Waals surface area (Å²) >= 11 is 6.79. The molecule has 1 aromatic heterocycles.